The van der Waals surface area contributed by atoms with Gasteiger partial charge in [0.2, 0.25) is 11.8 Å². The molecule has 0 spiro atoms. The summed E-state index contributed by atoms with van der Waals surface area (Å²) in [6.07, 6.45) is 7.90. The lowest BCUT2D eigenvalue weighted by Gasteiger charge is -2.34. The van der Waals surface area contributed by atoms with Crippen LogP contribution in [0.4, 0.5) is 4.79 Å². The van der Waals surface area contributed by atoms with Gasteiger partial charge in [0.05, 0.1) is 6.61 Å². The molecule has 0 bridgehead atoms. The molecular formula is C29H49N3O6. The average Bonchev–Trinajstić information content (AvgIpc) is 2.86. The van der Waals surface area contributed by atoms with Crippen molar-refractivity contribution in [2.24, 2.45) is 0 Å². The van der Waals surface area contributed by atoms with Crippen LogP contribution >= 0.6 is 0 Å². The van der Waals surface area contributed by atoms with Gasteiger partial charge >= 0.3 is 6.09 Å². The van der Waals surface area contributed by atoms with Gasteiger partial charge in [-0.05, 0) is 51.3 Å². The Morgan fingerprint density at radius 3 is 2.08 bits per heavy atom. The average molecular weight is 536 g/mol. The number of hydrogen-bond donors (Lipinski definition) is 4. The van der Waals surface area contributed by atoms with E-state index in [4.69, 9.17) is 4.74 Å². The van der Waals surface area contributed by atoms with E-state index in [1.54, 1.807) is 32.9 Å². The molecule has 4 N–H and O–H groups in total. The standard InChI is InChI=1S/C29H49N3O6/c1-6-8-10-11-12-14-20-32(27(36)24(21-33)31-28(37)38-29(3,4)5)25(22-15-17-23(34)18-16-22)26(35)30-19-13-9-7-2/h15-18,24-25,33-34H,6-14,19-21H2,1-5H3,(H,30,35)(H,31,37). The Morgan fingerprint density at radius 2 is 1.50 bits per heavy atom. The molecule has 0 radical (unpaired) electrons. The third-order valence-electron chi connectivity index (χ3n) is 6.06. The van der Waals surface area contributed by atoms with Crippen LogP contribution in [0.15, 0.2) is 24.3 Å². The minimum atomic E-state index is -1.28. The number of alkyl carbamates (subject to hydrolysis) is 1. The Morgan fingerprint density at radius 1 is 0.921 bits per heavy atom. The number of aliphatic hydroxyl groups is 1. The van der Waals surface area contributed by atoms with E-state index in [1.165, 1.54) is 17.0 Å². The first kappa shape index (κ1) is 33.2. The highest BCUT2D eigenvalue weighted by Gasteiger charge is 2.35. The van der Waals surface area contributed by atoms with E-state index >= 15 is 0 Å². The highest BCUT2D eigenvalue weighted by atomic mass is 16.6. The molecule has 38 heavy (non-hydrogen) atoms. The zero-order valence-electron chi connectivity index (χ0n) is 23.9. The number of rotatable bonds is 17. The minimum Gasteiger partial charge on any atom is -0.508 e. The van der Waals surface area contributed by atoms with Crippen LogP contribution in [0.25, 0.3) is 0 Å². The molecule has 9 nitrogen and oxygen atoms in total. The molecule has 2 atom stereocenters. The van der Waals surface area contributed by atoms with E-state index in [0.29, 0.717) is 18.5 Å². The highest BCUT2D eigenvalue weighted by Crippen LogP contribution is 2.25. The van der Waals surface area contributed by atoms with E-state index in [0.717, 1.165) is 51.4 Å². The number of aliphatic hydroxyl groups excluding tert-OH is 1. The van der Waals surface area contributed by atoms with Crippen LogP contribution < -0.4 is 10.6 Å². The minimum absolute atomic E-state index is 0.0458. The second-order valence-corrected chi connectivity index (χ2v) is 10.7. The number of phenolic OH excluding ortho intramolecular Hbond substituents is 1. The fourth-order valence-corrected chi connectivity index (χ4v) is 4.08. The summed E-state index contributed by atoms with van der Waals surface area (Å²) in [7, 11) is 0. The zero-order valence-corrected chi connectivity index (χ0v) is 23.9. The van der Waals surface area contributed by atoms with Crippen LogP contribution in [0.5, 0.6) is 5.75 Å². The molecule has 0 saturated carbocycles. The van der Waals surface area contributed by atoms with Crippen molar-refractivity contribution < 1.29 is 29.3 Å². The van der Waals surface area contributed by atoms with Gasteiger partial charge in [0, 0.05) is 13.1 Å². The summed E-state index contributed by atoms with van der Waals surface area (Å²) < 4.78 is 5.28. The summed E-state index contributed by atoms with van der Waals surface area (Å²) in [5.41, 5.74) is -0.248. The lowest BCUT2D eigenvalue weighted by Crippen LogP contribution is -2.54. The zero-order chi connectivity index (χ0) is 28.6. The van der Waals surface area contributed by atoms with E-state index < -0.39 is 36.3 Å². The molecule has 1 rings (SSSR count). The monoisotopic (exact) mass is 535 g/mol. The molecule has 0 heterocycles. The van der Waals surface area contributed by atoms with E-state index in [-0.39, 0.29) is 18.2 Å². The molecule has 0 aliphatic carbocycles. The number of carbonyl (C=O) groups excluding carboxylic acids is 3. The van der Waals surface area contributed by atoms with Crippen LogP contribution in [-0.4, -0.2) is 64.4 Å². The van der Waals surface area contributed by atoms with Crippen molar-refractivity contribution in [2.45, 2.75) is 110 Å². The Labute approximate surface area is 228 Å². The van der Waals surface area contributed by atoms with Crippen LogP contribution in [-0.2, 0) is 14.3 Å². The van der Waals surface area contributed by atoms with Gasteiger partial charge < -0.3 is 30.5 Å². The van der Waals surface area contributed by atoms with Gasteiger partial charge in [0.1, 0.15) is 23.4 Å². The fraction of sp³-hybridized carbons (Fsp3) is 0.690. The van der Waals surface area contributed by atoms with Gasteiger partial charge in [-0.25, -0.2) is 4.79 Å². The molecule has 216 valence electrons. The summed E-state index contributed by atoms with van der Waals surface area (Å²) in [5, 5.41) is 25.3. The Kier molecular flexibility index (Phi) is 15.4. The first-order chi connectivity index (χ1) is 18.0. The topological polar surface area (TPSA) is 128 Å². The maximum absolute atomic E-state index is 13.8. The summed E-state index contributed by atoms with van der Waals surface area (Å²) >= 11 is 0. The largest absolute Gasteiger partial charge is 0.508 e. The molecule has 0 aliphatic rings. The van der Waals surface area contributed by atoms with Crippen molar-refractivity contribution in [1.29, 1.82) is 0 Å². The molecule has 3 amide bonds. The first-order valence-corrected chi connectivity index (χ1v) is 14.0. The number of aromatic hydroxyl groups is 1. The quantitative estimate of drug-likeness (QED) is 0.212. The second kappa shape index (κ2) is 17.7. The van der Waals surface area contributed by atoms with E-state index in [2.05, 4.69) is 24.5 Å². The first-order valence-electron chi connectivity index (χ1n) is 14.0. The molecule has 0 fully saturated rings. The second-order valence-electron chi connectivity index (χ2n) is 10.7. The van der Waals surface area contributed by atoms with Gasteiger partial charge in [-0.2, -0.15) is 0 Å². The van der Waals surface area contributed by atoms with E-state index in [9.17, 15) is 24.6 Å². The number of hydrogen-bond acceptors (Lipinski definition) is 6. The number of carbonyl (C=O) groups is 3. The summed E-state index contributed by atoms with van der Waals surface area (Å²) in [6.45, 7) is 9.44. The van der Waals surface area contributed by atoms with E-state index in [1.807, 2.05) is 0 Å². The van der Waals surface area contributed by atoms with Gasteiger partial charge in [-0.15, -0.1) is 0 Å². The van der Waals surface area contributed by atoms with Crippen molar-refractivity contribution in [3.8, 4) is 5.75 Å². The Hall–Kier alpha value is -2.81. The van der Waals surface area contributed by atoms with Gasteiger partial charge in [-0.1, -0.05) is 70.9 Å². The van der Waals surface area contributed by atoms with Crippen LogP contribution in [0.3, 0.4) is 0 Å². The smallest absolute Gasteiger partial charge is 0.408 e. The van der Waals surface area contributed by atoms with Crippen molar-refractivity contribution in [2.75, 3.05) is 19.7 Å². The fourth-order valence-electron chi connectivity index (χ4n) is 4.08. The number of benzene rings is 1. The third kappa shape index (κ3) is 12.6. The molecule has 0 aliphatic heterocycles. The molecule has 9 heteroatoms. The number of nitrogens with one attached hydrogen (secondary N) is 2. The SMILES string of the molecule is CCCCCCCCN(C(=O)C(CO)NC(=O)OC(C)(C)C)C(C(=O)NCCCCC)c1ccc(O)cc1. The molecule has 0 aromatic heterocycles. The molecule has 1 aromatic rings. The van der Waals surface area contributed by atoms with Crippen molar-refractivity contribution >= 4 is 17.9 Å². The number of nitrogens with zero attached hydrogens (tertiary/aromatic N) is 1. The number of ether oxygens (including phenoxy) is 1. The summed E-state index contributed by atoms with van der Waals surface area (Å²) in [6, 6.07) is 3.91. The maximum Gasteiger partial charge on any atom is 0.408 e. The van der Waals surface area contributed by atoms with Crippen molar-refractivity contribution in [3.63, 3.8) is 0 Å². The van der Waals surface area contributed by atoms with Gasteiger partial charge in [-0.3, -0.25) is 9.59 Å². The highest BCUT2D eigenvalue weighted by molar-refractivity contribution is 5.92. The van der Waals surface area contributed by atoms with Crippen molar-refractivity contribution in [3.05, 3.63) is 29.8 Å². The maximum atomic E-state index is 13.8. The van der Waals surface area contributed by atoms with Crippen LogP contribution in [0, 0.1) is 0 Å². The number of amides is 3. The third-order valence-corrected chi connectivity index (χ3v) is 6.06. The molecule has 1 aromatic carbocycles. The Balaban J connectivity index is 3.26. The Bertz CT molecular complexity index is 838. The summed E-state index contributed by atoms with van der Waals surface area (Å²) in [5.74, 6) is -0.877. The number of phenols is 1. The van der Waals surface area contributed by atoms with Crippen LogP contribution in [0.1, 0.15) is 104 Å². The van der Waals surface area contributed by atoms with Gasteiger partial charge in [0.15, 0.2) is 0 Å². The summed E-state index contributed by atoms with van der Waals surface area (Å²) in [4.78, 5) is 41.1. The molecule has 0 saturated heterocycles. The predicted molar refractivity (Wildman–Crippen MR) is 149 cm³/mol. The molecular weight excluding hydrogens is 486 g/mol. The van der Waals surface area contributed by atoms with Gasteiger partial charge in [0.25, 0.3) is 0 Å². The van der Waals surface area contributed by atoms with Crippen molar-refractivity contribution in [1.82, 2.24) is 15.5 Å². The normalized spacial score (nSPS) is 12.9. The molecule has 2 unspecified atom stereocenters. The predicted octanol–water partition coefficient (Wildman–Crippen LogP) is 4.81. The van der Waals surface area contributed by atoms with Crippen LogP contribution in [0.2, 0.25) is 0 Å². The number of unbranched alkanes of at least 4 members (excludes halogenated alkanes) is 7. The lowest BCUT2D eigenvalue weighted by atomic mass is 10.0. The lowest BCUT2D eigenvalue weighted by molar-refractivity contribution is -0.143.